The van der Waals surface area contributed by atoms with Crippen molar-refractivity contribution in [3.05, 3.63) is 77.2 Å². The normalized spacial score (nSPS) is 13.8. The van der Waals surface area contributed by atoms with Crippen molar-refractivity contribution in [2.75, 3.05) is 18.4 Å². The number of nitriles is 1. The topological polar surface area (TPSA) is 90.7 Å². The molecule has 1 amide bonds. The smallest absolute Gasteiger partial charge is 0.255 e. The van der Waals surface area contributed by atoms with Crippen LogP contribution in [0.15, 0.2) is 54.7 Å². The minimum absolute atomic E-state index is 0.295. The summed E-state index contributed by atoms with van der Waals surface area (Å²) in [7, 11) is 0. The van der Waals surface area contributed by atoms with Crippen LogP contribution in [0.4, 0.5) is 10.3 Å². The zero-order chi connectivity index (χ0) is 23.8. The maximum Gasteiger partial charge on any atom is 0.255 e. The first kappa shape index (κ1) is 23.4. The van der Waals surface area contributed by atoms with E-state index in [0.717, 1.165) is 17.7 Å². The summed E-state index contributed by atoms with van der Waals surface area (Å²) in [6.07, 6.45) is 8.30. The van der Waals surface area contributed by atoms with Gasteiger partial charge in [-0.05, 0) is 55.0 Å². The molecule has 0 atom stereocenters. The van der Waals surface area contributed by atoms with Crippen molar-refractivity contribution in [3.8, 4) is 17.3 Å². The fraction of sp³-hybridized carbons (Fsp3) is 0.333. The summed E-state index contributed by atoms with van der Waals surface area (Å²) in [5.74, 6) is 0.508. The van der Waals surface area contributed by atoms with Crippen molar-refractivity contribution in [2.24, 2.45) is 5.92 Å². The van der Waals surface area contributed by atoms with Crippen molar-refractivity contribution in [1.29, 1.82) is 5.26 Å². The molecular weight excluding hydrogens is 429 g/mol. The maximum absolute atomic E-state index is 13.4. The number of hydrogen-bond donors (Lipinski definition) is 2. The Balaban J connectivity index is 1.50. The average Bonchev–Trinajstić information content (AvgIpc) is 2.88. The molecule has 0 saturated heterocycles. The van der Waals surface area contributed by atoms with Crippen LogP contribution in [0.3, 0.4) is 0 Å². The molecule has 1 aliphatic rings. The van der Waals surface area contributed by atoms with Crippen LogP contribution in [0.25, 0.3) is 11.3 Å². The van der Waals surface area contributed by atoms with Gasteiger partial charge < -0.3 is 10.6 Å². The van der Waals surface area contributed by atoms with E-state index in [2.05, 4.69) is 26.7 Å². The number of rotatable bonds is 8. The molecule has 1 saturated carbocycles. The van der Waals surface area contributed by atoms with Crippen LogP contribution in [-0.4, -0.2) is 29.0 Å². The molecule has 34 heavy (non-hydrogen) atoms. The molecule has 0 radical (unpaired) electrons. The Bertz CT molecular complexity index is 1170. The molecular formula is C27H28FN5O. The van der Waals surface area contributed by atoms with Crippen LogP contribution >= 0.6 is 0 Å². The lowest BCUT2D eigenvalue weighted by atomic mass is 9.89. The lowest BCUT2D eigenvalue weighted by Gasteiger charge is -2.22. The minimum Gasteiger partial charge on any atom is -0.354 e. The Hall–Kier alpha value is -3.79. The molecule has 1 aromatic heterocycles. The highest BCUT2D eigenvalue weighted by atomic mass is 19.1. The summed E-state index contributed by atoms with van der Waals surface area (Å²) in [5.41, 5.74) is 2.94. The first-order chi connectivity index (χ1) is 16.6. The zero-order valence-corrected chi connectivity index (χ0v) is 19.1. The Kier molecular flexibility index (Phi) is 7.82. The van der Waals surface area contributed by atoms with E-state index in [0.29, 0.717) is 41.7 Å². The lowest BCUT2D eigenvalue weighted by molar-refractivity contribution is 0.0954. The standard InChI is InChI=1S/C27H28FN5O/c28-23-8-4-7-19(15-23)13-14-30-26(34)24-18-32-27(31-17-21-5-2-1-3-6-21)33-25(24)22-11-9-20(16-29)10-12-22/h4,7-12,15,18,21H,1-3,5-6,13-14,17H2,(H,30,34)(H,31,32,33). The van der Waals surface area contributed by atoms with Crippen molar-refractivity contribution in [2.45, 2.75) is 38.5 Å². The predicted molar refractivity (Wildman–Crippen MR) is 130 cm³/mol. The second-order valence-corrected chi connectivity index (χ2v) is 8.67. The van der Waals surface area contributed by atoms with Gasteiger partial charge in [-0.15, -0.1) is 0 Å². The third-order valence-electron chi connectivity index (χ3n) is 6.18. The molecule has 6 nitrogen and oxygen atoms in total. The highest BCUT2D eigenvalue weighted by Crippen LogP contribution is 2.25. The van der Waals surface area contributed by atoms with Gasteiger partial charge in [0.05, 0.1) is 22.9 Å². The molecule has 0 bridgehead atoms. The molecule has 2 aromatic carbocycles. The van der Waals surface area contributed by atoms with Gasteiger partial charge in [-0.3, -0.25) is 4.79 Å². The summed E-state index contributed by atoms with van der Waals surface area (Å²) in [6.45, 7) is 1.17. The predicted octanol–water partition coefficient (Wildman–Crippen LogP) is 5.12. The van der Waals surface area contributed by atoms with Gasteiger partial charge in [-0.25, -0.2) is 14.4 Å². The van der Waals surface area contributed by atoms with Gasteiger partial charge in [-0.2, -0.15) is 5.26 Å². The summed E-state index contributed by atoms with van der Waals surface area (Å²) in [6, 6.07) is 15.4. The number of amides is 1. The first-order valence-corrected chi connectivity index (χ1v) is 11.8. The second kappa shape index (κ2) is 11.4. The minimum atomic E-state index is -0.297. The maximum atomic E-state index is 13.4. The quantitative estimate of drug-likeness (QED) is 0.490. The lowest BCUT2D eigenvalue weighted by Crippen LogP contribution is -2.27. The van der Waals surface area contributed by atoms with Crippen LogP contribution in [0, 0.1) is 23.1 Å². The van der Waals surface area contributed by atoms with E-state index in [9.17, 15) is 9.18 Å². The number of carbonyl (C=O) groups excluding carboxylic acids is 1. The van der Waals surface area contributed by atoms with Crippen LogP contribution < -0.4 is 10.6 Å². The van der Waals surface area contributed by atoms with Crippen molar-refractivity contribution in [1.82, 2.24) is 15.3 Å². The Labute approximate surface area is 199 Å². The van der Waals surface area contributed by atoms with Crippen LogP contribution in [0.1, 0.15) is 53.6 Å². The Morgan fingerprint density at radius 3 is 2.65 bits per heavy atom. The van der Waals surface area contributed by atoms with Crippen LogP contribution in [0.5, 0.6) is 0 Å². The summed E-state index contributed by atoms with van der Waals surface area (Å²) >= 11 is 0. The highest BCUT2D eigenvalue weighted by Gasteiger charge is 2.18. The summed E-state index contributed by atoms with van der Waals surface area (Å²) in [4.78, 5) is 22.1. The van der Waals surface area contributed by atoms with Gasteiger partial charge in [0.1, 0.15) is 5.82 Å². The second-order valence-electron chi connectivity index (χ2n) is 8.67. The van der Waals surface area contributed by atoms with E-state index in [1.165, 1.54) is 44.2 Å². The van der Waals surface area contributed by atoms with Crippen molar-refractivity contribution >= 4 is 11.9 Å². The molecule has 0 spiro atoms. The number of benzene rings is 2. The number of aromatic nitrogens is 2. The number of halogens is 1. The Morgan fingerprint density at radius 1 is 1.12 bits per heavy atom. The summed E-state index contributed by atoms with van der Waals surface area (Å²) in [5, 5.41) is 15.3. The van der Waals surface area contributed by atoms with E-state index in [1.54, 1.807) is 36.5 Å². The van der Waals surface area contributed by atoms with Crippen LogP contribution in [0.2, 0.25) is 0 Å². The zero-order valence-electron chi connectivity index (χ0n) is 19.1. The van der Waals surface area contributed by atoms with Crippen molar-refractivity contribution in [3.63, 3.8) is 0 Å². The third kappa shape index (κ3) is 6.16. The highest BCUT2D eigenvalue weighted by molar-refractivity contribution is 5.99. The molecule has 0 unspecified atom stereocenters. The van der Waals surface area contributed by atoms with Gasteiger partial charge in [-0.1, -0.05) is 43.5 Å². The molecule has 4 rings (SSSR count). The monoisotopic (exact) mass is 457 g/mol. The molecule has 3 aromatic rings. The van der Waals surface area contributed by atoms with Gasteiger partial charge in [0.15, 0.2) is 0 Å². The molecule has 174 valence electrons. The van der Waals surface area contributed by atoms with Crippen LogP contribution in [-0.2, 0) is 6.42 Å². The van der Waals surface area contributed by atoms with E-state index in [-0.39, 0.29) is 11.7 Å². The fourth-order valence-electron chi connectivity index (χ4n) is 4.29. The Morgan fingerprint density at radius 2 is 1.91 bits per heavy atom. The van der Waals surface area contributed by atoms with E-state index >= 15 is 0 Å². The fourth-order valence-corrected chi connectivity index (χ4v) is 4.29. The third-order valence-corrected chi connectivity index (χ3v) is 6.18. The van der Waals surface area contributed by atoms with E-state index < -0.39 is 0 Å². The molecule has 1 fully saturated rings. The summed E-state index contributed by atoms with van der Waals surface area (Å²) < 4.78 is 13.4. The van der Waals surface area contributed by atoms with Crippen molar-refractivity contribution < 1.29 is 9.18 Å². The average molecular weight is 458 g/mol. The number of nitrogens with zero attached hydrogens (tertiary/aromatic N) is 3. The van der Waals surface area contributed by atoms with E-state index in [1.807, 2.05) is 6.07 Å². The number of hydrogen-bond acceptors (Lipinski definition) is 5. The van der Waals surface area contributed by atoms with Gasteiger partial charge in [0, 0.05) is 24.8 Å². The van der Waals surface area contributed by atoms with Gasteiger partial charge >= 0.3 is 0 Å². The molecule has 0 aliphatic heterocycles. The number of carbonyl (C=O) groups is 1. The SMILES string of the molecule is N#Cc1ccc(-c2nc(NCC3CCCCC3)ncc2C(=O)NCCc2cccc(F)c2)cc1. The van der Waals surface area contributed by atoms with E-state index in [4.69, 9.17) is 5.26 Å². The van der Waals surface area contributed by atoms with Gasteiger partial charge in [0.2, 0.25) is 5.95 Å². The van der Waals surface area contributed by atoms with Gasteiger partial charge in [0.25, 0.3) is 5.91 Å². The first-order valence-electron chi connectivity index (χ1n) is 11.8. The molecule has 7 heteroatoms. The largest absolute Gasteiger partial charge is 0.354 e. The molecule has 1 aliphatic carbocycles. The molecule has 2 N–H and O–H groups in total. The number of anilines is 1. The molecule has 1 heterocycles. The number of nitrogens with one attached hydrogen (secondary N) is 2.